The lowest BCUT2D eigenvalue weighted by molar-refractivity contribution is -0.0440. The van der Waals surface area contributed by atoms with Gasteiger partial charge in [0, 0.05) is 18.7 Å². The van der Waals surface area contributed by atoms with Gasteiger partial charge in [-0.15, -0.1) is 0 Å². The minimum Gasteiger partial charge on any atom is -0.373 e. The molecule has 10 nitrogen and oxygen atoms in total. The summed E-state index contributed by atoms with van der Waals surface area (Å²) < 4.78 is 56.5. The summed E-state index contributed by atoms with van der Waals surface area (Å²) >= 11 is 1.10. The summed E-state index contributed by atoms with van der Waals surface area (Å²) in [6.07, 6.45) is -0.410. The Balaban J connectivity index is 1.50. The van der Waals surface area contributed by atoms with Crippen molar-refractivity contribution in [2.75, 3.05) is 18.4 Å². The summed E-state index contributed by atoms with van der Waals surface area (Å²) in [5, 5.41) is 8.07. The van der Waals surface area contributed by atoms with Crippen LogP contribution in [0.3, 0.4) is 0 Å². The number of nitrogens with zero attached hydrogens (tertiary/aromatic N) is 2. The number of morpholine rings is 1. The van der Waals surface area contributed by atoms with Crippen molar-refractivity contribution in [2.24, 2.45) is 5.14 Å². The van der Waals surface area contributed by atoms with Crippen LogP contribution in [0.4, 0.5) is 5.13 Å². The molecule has 0 spiro atoms. The highest BCUT2D eigenvalue weighted by molar-refractivity contribution is 7.89. The van der Waals surface area contributed by atoms with Gasteiger partial charge in [-0.2, -0.15) is 4.31 Å². The molecule has 176 valence electrons. The van der Waals surface area contributed by atoms with Crippen LogP contribution in [0, 0.1) is 0 Å². The number of benzene rings is 2. The second-order valence-corrected chi connectivity index (χ2v) is 12.3. The van der Waals surface area contributed by atoms with Gasteiger partial charge in [0.25, 0.3) is 5.91 Å². The van der Waals surface area contributed by atoms with E-state index in [4.69, 9.17) is 9.88 Å². The van der Waals surface area contributed by atoms with Crippen LogP contribution in [0.1, 0.15) is 24.2 Å². The number of sulfonamides is 2. The van der Waals surface area contributed by atoms with Gasteiger partial charge >= 0.3 is 0 Å². The number of fused-ring (bicyclic) bond motifs is 1. The largest absolute Gasteiger partial charge is 0.373 e. The fraction of sp³-hybridized carbons (Fsp3) is 0.300. The molecule has 3 aromatic rings. The van der Waals surface area contributed by atoms with Gasteiger partial charge in [0.2, 0.25) is 20.0 Å². The van der Waals surface area contributed by atoms with Crippen LogP contribution < -0.4 is 10.5 Å². The second kappa shape index (κ2) is 8.74. The Morgan fingerprint density at radius 3 is 2.27 bits per heavy atom. The van der Waals surface area contributed by atoms with Crippen molar-refractivity contribution in [1.82, 2.24) is 9.29 Å². The Kier molecular flexibility index (Phi) is 6.28. The van der Waals surface area contributed by atoms with Crippen LogP contribution in [-0.4, -0.2) is 57.3 Å². The van der Waals surface area contributed by atoms with Crippen molar-refractivity contribution >= 4 is 52.6 Å². The van der Waals surface area contributed by atoms with E-state index >= 15 is 0 Å². The normalized spacial score (nSPS) is 20.1. The lowest BCUT2D eigenvalue weighted by Crippen LogP contribution is -2.48. The molecule has 2 unspecified atom stereocenters. The van der Waals surface area contributed by atoms with E-state index in [2.05, 4.69) is 10.3 Å². The molecule has 0 radical (unpaired) electrons. The highest BCUT2D eigenvalue weighted by Gasteiger charge is 2.32. The summed E-state index contributed by atoms with van der Waals surface area (Å²) in [5.41, 5.74) is 0.764. The standard InChI is InChI=1S/C20H22N4O6S3/c1-12-10-24(11-13(2)30-12)33(28,29)15-5-3-14(4-6-15)19(25)23-20-22-17-8-7-16(32(21,26)27)9-18(17)31-20/h3-9,12-13H,10-11H2,1-2H3,(H2,21,26,27)(H,22,23,25). The maximum Gasteiger partial charge on any atom is 0.257 e. The molecule has 33 heavy (non-hydrogen) atoms. The first-order chi connectivity index (χ1) is 15.4. The fourth-order valence-electron chi connectivity index (χ4n) is 3.56. The number of nitrogens with two attached hydrogens (primary N) is 1. The van der Waals surface area contributed by atoms with Crippen LogP contribution in [0.15, 0.2) is 52.3 Å². The van der Waals surface area contributed by atoms with Crippen molar-refractivity contribution in [3.63, 3.8) is 0 Å². The molecule has 2 aromatic carbocycles. The van der Waals surface area contributed by atoms with Crippen LogP contribution in [0.2, 0.25) is 0 Å². The summed E-state index contributed by atoms with van der Waals surface area (Å²) in [4.78, 5) is 16.9. The maximum absolute atomic E-state index is 13.0. The van der Waals surface area contributed by atoms with Crippen LogP contribution >= 0.6 is 11.3 Å². The Bertz CT molecular complexity index is 1410. The Hall–Kier alpha value is -2.42. The molecule has 3 N–H and O–H groups in total. The summed E-state index contributed by atoms with van der Waals surface area (Å²) in [6, 6.07) is 9.90. The third-order valence-corrected chi connectivity index (χ3v) is 8.74. The number of anilines is 1. The van der Waals surface area contributed by atoms with Crippen LogP contribution in [0.5, 0.6) is 0 Å². The quantitative estimate of drug-likeness (QED) is 0.533. The summed E-state index contributed by atoms with van der Waals surface area (Å²) in [6.45, 7) is 4.17. The van der Waals surface area contributed by atoms with Crippen molar-refractivity contribution in [2.45, 2.75) is 35.8 Å². The van der Waals surface area contributed by atoms with Gasteiger partial charge in [0.15, 0.2) is 5.13 Å². The number of aromatic nitrogens is 1. The lowest BCUT2D eigenvalue weighted by atomic mass is 10.2. The fourth-order valence-corrected chi connectivity index (χ4v) is 6.66. The number of ether oxygens (including phenoxy) is 1. The van der Waals surface area contributed by atoms with Gasteiger partial charge in [-0.05, 0) is 56.3 Å². The topological polar surface area (TPSA) is 149 Å². The number of primary sulfonamides is 1. The van der Waals surface area contributed by atoms with Gasteiger partial charge in [0.1, 0.15) is 0 Å². The highest BCUT2D eigenvalue weighted by Crippen LogP contribution is 2.28. The highest BCUT2D eigenvalue weighted by atomic mass is 32.2. The molecule has 1 aromatic heterocycles. The smallest absolute Gasteiger partial charge is 0.257 e. The summed E-state index contributed by atoms with van der Waals surface area (Å²) in [5.74, 6) is -0.474. The molecular formula is C20H22N4O6S3. The van der Waals surface area contributed by atoms with E-state index in [1.165, 1.54) is 46.8 Å². The van der Waals surface area contributed by atoms with E-state index in [1.807, 2.05) is 13.8 Å². The zero-order valence-electron chi connectivity index (χ0n) is 17.8. The van der Waals surface area contributed by atoms with E-state index in [9.17, 15) is 21.6 Å². The first-order valence-electron chi connectivity index (χ1n) is 9.94. The van der Waals surface area contributed by atoms with Crippen LogP contribution in [0.25, 0.3) is 10.2 Å². The zero-order chi connectivity index (χ0) is 24.0. The minimum atomic E-state index is -3.85. The molecule has 1 fully saturated rings. The number of hydrogen-bond acceptors (Lipinski definition) is 8. The van der Waals surface area contributed by atoms with E-state index < -0.39 is 26.0 Å². The zero-order valence-corrected chi connectivity index (χ0v) is 20.2. The number of hydrogen-bond donors (Lipinski definition) is 2. The van der Waals surface area contributed by atoms with E-state index in [0.717, 1.165) is 11.3 Å². The number of nitrogens with one attached hydrogen (secondary N) is 1. The first kappa shape index (κ1) is 23.7. The molecule has 0 bridgehead atoms. The SMILES string of the molecule is CC1CN(S(=O)(=O)c2ccc(C(=O)Nc3nc4ccc(S(N)(=O)=O)cc4s3)cc2)CC(C)O1. The predicted octanol–water partition coefficient (Wildman–Crippen LogP) is 1.99. The minimum absolute atomic E-state index is 0.0441. The molecular weight excluding hydrogens is 488 g/mol. The summed E-state index contributed by atoms with van der Waals surface area (Å²) in [7, 11) is -7.56. The number of rotatable bonds is 5. The predicted molar refractivity (Wildman–Crippen MR) is 124 cm³/mol. The molecule has 1 aliphatic rings. The molecule has 2 heterocycles. The molecule has 0 aliphatic carbocycles. The monoisotopic (exact) mass is 510 g/mol. The number of carbonyl (C=O) groups is 1. The van der Waals surface area contributed by atoms with Gasteiger partial charge < -0.3 is 4.74 Å². The third-order valence-electron chi connectivity index (χ3n) is 5.05. The Labute approximate surface area is 195 Å². The molecule has 0 saturated carbocycles. The van der Waals surface area contributed by atoms with E-state index in [-0.39, 0.29) is 45.8 Å². The molecule has 2 atom stereocenters. The Morgan fingerprint density at radius 2 is 1.67 bits per heavy atom. The number of carbonyl (C=O) groups excluding carboxylic acids is 1. The first-order valence-corrected chi connectivity index (χ1v) is 13.7. The van der Waals surface area contributed by atoms with Crippen LogP contribution in [-0.2, 0) is 24.8 Å². The molecule has 13 heteroatoms. The second-order valence-electron chi connectivity index (χ2n) is 7.75. The Morgan fingerprint density at radius 1 is 1.06 bits per heavy atom. The van der Waals surface area contributed by atoms with E-state index in [1.54, 1.807) is 0 Å². The number of thiazole rings is 1. The lowest BCUT2D eigenvalue weighted by Gasteiger charge is -2.34. The van der Waals surface area contributed by atoms with Gasteiger partial charge in [-0.1, -0.05) is 11.3 Å². The average Bonchev–Trinajstić information content (AvgIpc) is 3.14. The van der Waals surface area contributed by atoms with Gasteiger partial charge in [0.05, 0.1) is 32.2 Å². The van der Waals surface area contributed by atoms with Crippen molar-refractivity contribution in [1.29, 1.82) is 0 Å². The molecule has 4 rings (SSSR count). The molecule has 1 amide bonds. The van der Waals surface area contributed by atoms with E-state index in [0.29, 0.717) is 10.2 Å². The maximum atomic E-state index is 13.0. The average molecular weight is 511 g/mol. The van der Waals surface area contributed by atoms with Gasteiger partial charge in [-0.3, -0.25) is 10.1 Å². The van der Waals surface area contributed by atoms with Crippen molar-refractivity contribution in [3.8, 4) is 0 Å². The van der Waals surface area contributed by atoms with Gasteiger partial charge in [-0.25, -0.2) is 27.0 Å². The third kappa shape index (κ3) is 5.08. The molecule has 1 saturated heterocycles. The van der Waals surface area contributed by atoms with Crippen molar-refractivity contribution < 1.29 is 26.4 Å². The van der Waals surface area contributed by atoms with Crippen molar-refractivity contribution in [3.05, 3.63) is 48.0 Å². The number of amides is 1. The molecule has 1 aliphatic heterocycles.